The largest absolute Gasteiger partial charge is 0.306 e. The van der Waals surface area contributed by atoms with Crippen molar-refractivity contribution in [1.82, 2.24) is 30.0 Å². The fourth-order valence-electron chi connectivity index (χ4n) is 3.81. The number of fused-ring (bicyclic) bond motifs is 1. The van der Waals surface area contributed by atoms with Crippen LogP contribution >= 0.6 is 11.6 Å². The Morgan fingerprint density at radius 3 is 2.77 bits per heavy atom. The normalized spacial score (nSPS) is 13.9. The van der Waals surface area contributed by atoms with Crippen LogP contribution in [-0.2, 0) is 19.5 Å². The van der Waals surface area contributed by atoms with Crippen molar-refractivity contribution in [3.8, 4) is 22.6 Å². The Morgan fingerprint density at radius 2 is 1.97 bits per heavy atom. The molecule has 4 heterocycles. The van der Waals surface area contributed by atoms with Gasteiger partial charge in [0.15, 0.2) is 0 Å². The third-order valence-corrected chi connectivity index (χ3v) is 5.58. The van der Waals surface area contributed by atoms with Crippen LogP contribution in [0.25, 0.3) is 22.6 Å². The monoisotopic (exact) mass is 418 g/mol. The second-order valence-corrected chi connectivity index (χ2v) is 7.76. The first-order valence-corrected chi connectivity index (χ1v) is 10.1. The molecule has 150 valence electrons. The van der Waals surface area contributed by atoms with Crippen LogP contribution in [-0.4, -0.2) is 36.6 Å². The van der Waals surface area contributed by atoms with Gasteiger partial charge in [-0.25, -0.2) is 4.98 Å². The number of nitrogens with zero attached hydrogens (tertiary/aromatic N) is 4. The van der Waals surface area contributed by atoms with E-state index >= 15 is 0 Å². The third-order valence-electron chi connectivity index (χ3n) is 5.33. The molecule has 4 aromatic rings. The van der Waals surface area contributed by atoms with E-state index in [2.05, 4.69) is 25.1 Å². The Kier molecular flexibility index (Phi) is 4.90. The number of benzene rings is 1. The third kappa shape index (κ3) is 3.65. The van der Waals surface area contributed by atoms with Gasteiger partial charge in [0.1, 0.15) is 5.82 Å². The minimum Gasteiger partial charge on any atom is -0.306 e. The molecular formula is C22H19ClN6O. The van der Waals surface area contributed by atoms with Gasteiger partial charge in [-0.2, -0.15) is 5.10 Å². The number of aromatic amines is 2. The van der Waals surface area contributed by atoms with Crippen LogP contribution in [0.2, 0.25) is 5.02 Å². The maximum Gasteiger partial charge on any atom is 0.254 e. The van der Waals surface area contributed by atoms with E-state index in [1.165, 1.54) is 0 Å². The molecule has 0 saturated carbocycles. The maximum atomic E-state index is 12.6. The van der Waals surface area contributed by atoms with Crippen molar-refractivity contribution in [3.63, 3.8) is 0 Å². The van der Waals surface area contributed by atoms with Crippen LogP contribution in [0.4, 0.5) is 0 Å². The maximum absolute atomic E-state index is 12.6. The number of pyridine rings is 1. The molecule has 0 amide bonds. The fourth-order valence-corrected chi connectivity index (χ4v) is 3.93. The van der Waals surface area contributed by atoms with E-state index in [0.717, 1.165) is 40.2 Å². The molecule has 0 fully saturated rings. The SMILES string of the molecule is O=c1[nH]c(-c2cccnc2)nc2c1CCN(Cc1cn[nH]c1-c1ccc(Cl)cc1)C2. The molecule has 5 rings (SSSR count). The standard InChI is InChI=1S/C22H19ClN6O/c23-17-5-3-14(4-6-17)20-16(11-25-28-20)12-29-9-7-18-19(13-29)26-21(27-22(18)30)15-2-1-8-24-10-15/h1-6,8,10-11H,7,9,12-13H2,(H,25,28)(H,26,27,30). The molecule has 2 N–H and O–H groups in total. The molecular weight excluding hydrogens is 400 g/mol. The van der Waals surface area contributed by atoms with E-state index in [4.69, 9.17) is 16.6 Å². The van der Waals surface area contributed by atoms with Gasteiger partial charge in [-0.3, -0.25) is 19.8 Å². The summed E-state index contributed by atoms with van der Waals surface area (Å²) in [5.41, 5.74) is 5.44. The molecule has 0 saturated heterocycles. The van der Waals surface area contributed by atoms with Crippen LogP contribution in [0, 0.1) is 0 Å². The Morgan fingerprint density at radius 1 is 1.10 bits per heavy atom. The van der Waals surface area contributed by atoms with Crippen molar-refractivity contribution in [3.05, 3.63) is 87.2 Å². The quantitative estimate of drug-likeness (QED) is 0.529. The van der Waals surface area contributed by atoms with Crippen molar-refractivity contribution >= 4 is 11.6 Å². The lowest BCUT2D eigenvalue weighted by molar-refractivity contribution is 0.241. The highest BCUT2D eigenvalue weighted by Gasteiger charge is 2.23. The highest BCUT2D eigenvalue weighted by Crippen LogP contribution is 2.26. The highest BCUT2D eigenvalue weighted by molar-refractivity contribution is 6.30. The van der Waals surface area contributed by atoms with E-state index in [1.54, 1.807) is 12.4 Å². The zero-order valence-corrected chi connectivity index (χ0v) is 16.9. The topological polar surface area (TPSA) is 90.6 Å². The number of nitrogens with one attached hydrogen (secondary N) is 2. The van der Waals surface area contributed by atoms with Crippen molar-refractivity contribution in [1.29, 1.82) is 0 Å². The smallest absolute Gasteiger partial charge is 0.254 e. The number of hydrogen-bond donors (Lipinski definition) is 2. The summed E-state index contributed by atoms with van der Waals surface area (Å²) in [4.78, 5) is 26.6. The molecule has 0 unspecified atom stereocenters. The molecule has 0 aliphatic carbocycles. The van der Waals surface area contributed by atoms with Gasteiger partial charge < -0.3 is 4.98 Å². The minimum absolute atomic E-state index is 0.0660. The number of halogens is 1. The highest BCUT2D eigenvalue weighted by atomic mass is 35.5. The Hall–Kier alpha value is -3.29. The van der Waals surface area contributed by atoms with Crippen molar-refractivity contribution in [2.24, 2.45) is 0 Å². The molecule has 1 aliphatic rings. The molecule has 0 radical (unpaired) electrons. The molecule has 7 nitrogen and oxygen atoms in total. The first-order chi connectivity index (χ1) is 14.7. The lowest BCUT2D eigenvalue weighted by atomic mass is 10.0. The van der Waals surface area contributed by atoms with Crippen LogP contribution in [0.15, 0.2) is 59.8 Å². The Bertz CT molecular complexity index is 1230. The van der Waals surface area contributed by atoms with E-state index in [9.17, 15) is 4.79 Å². The second-order valence-electron chi connectivity index (χ2n) is 7.32. The average Bonchev–Trinajstić information content (AvgIpc) is 3.22. The van der Waals surface area contributed by atoms with Crippen LogP contribution in [0.5, 0.6) is 0 Å². The predicted octanol–water partition coefficient (Wildman–Crippen LogP) is 3.43. The summed E-state index contributed by atoms with van der Waals surface area (Å²) in [7, 11) is 0. The zero-order valence-electron chi connectivity index (χ0n) is 16.1. The lowest BCUT2D eigenvalue weighted by Gasteiger charge is -2.27. The summed E-state index contributed by atoms with van der Waals surface area (Å²) in [6, 6.07) is 11.4. The van der Waals surface area contributed by atoms with E-state index in [-0.39, 0.29) is 5.56 Å². The summed E-state index contributed by atoms with van der Waals surface area (Å²) in [5, 5.41) is 8.03. The molecule has 30 heavy (non-hydrogen) atoms. The molecule has 1 aromatic carbocycles. The van der Waals surface area contributed by atoms with Gasteiger partial charge >= 0.3 is 0 Å². The Balaban J connectivity index is 1.40. The number of hydrogen-bond acceptors (Lipinski definition) is 5. The van der Waals surface area contributed by atoms with Crippen molar-refractivity contribution in [2.45, 2.75) is 19.5 Å². The zero-order chi connectivity index (χ0) is 20.5. The summed E-state index contributed by atoms with van der Waals surface area (Å²) >= 11 is 6.01. The summed E-state index contributed by atoms with van der Waals surface area (Å²) < 4.78 is 0. The van der Waals surface area contributed by atoms with Gasteiger partial charge in [0, 0.05) is 53.7 Å². The van der Waals surface area contributed by atoms with Gasteiger partial charge in [0.25, 0.3) is 5.56 Å². The van der Waals surface area contributed by atoms with Gasteiger partial charge in [0.2, 0.25) is 0 Å². The van der Waals surface area contributed by atoms with Gasteiger partial charge in [-0.05, 0) is 36.2 Å². The molecule has 3 aromatic heterocycles. The van der Waals surface area contributed by atoms with E-state index in [0.29, 0.717) is 30.4 Å². The van der Waals surface area contributed by atoms with Crippen molar-refractivity contribution in [2.75, 3.05) is 6.54 Å². The Labute approximate surface area is 177 Å². The first kappa shape index (κ1) is 18.7. The molecule has 0 atom stereocenters. The fraction of sp³-hybridized carbons (Fsp3) is 0.182. The summed E-state index contributed by atoms with van der Waals surface area (Å²) in [6.07, 6.45) is 5.92. The average molecular weight is 419 g/mol. The van der Waals surface area contributed by atoms with Gasteiger partial charge in [-0.15, -0.1) is 0 Å². The molecule has 8 heteroatoms. The molecule has 0 spiro atoms. The minimum atomic E-state index is -0.0660. The van der Waals surface area contributed by atoms with Crippen LogP contribution in [0.3, 0.4) is 0 Å². The molecule has 0 bridgehead atoms. The van der Waals surface area contributed by atoms with Crippen LogP contribution in [0.1, 0.15) is 16.8 Å². The summed E-state index contributed by atoms with van der Waals surface area (Å²) in [6.45, 7) is 2.11. The number of rotatable bonds is 4. The predicted molar refractivity (Wildman–Crippen MR) is 115 cm³/mol. The van der Waals surface area contributed by atoms with Crippen molar-refractivity contribution < 1.29 is 0 Å². The first-order valence-electron chi connectivity index (χ1n) is 9.70. The van der Waals surface area contributed by atoms with Gasteiger partial charge in [-0.1, -0.05) is 23.7 Å². The van der Waals surface area contributed by atoms with Gasteiger partial charge in [0.05, 0.1) is 17.6 Å². The van der Waals surface area contributed by atoms with Crippen LogP contribution < -0.4 is 5.56 Å². The molecule has 1 aliphatic heterocycles. The second kappa shape index (κ2) is 7.85. The lowest BCUT2D eigenvalue weighted by Crippen LogP contribution is -2.35. The number of H-pyrrole nitrogens is 2. The summed E-state index contributed by atoms with van der Waals surface area (Å²) in [5.74, 6) is 0.555. The van der Waals surface area contributed by atoms with E-state index < -0.39 is 0 Å². The van der Waals surface area contributed by atoms with E-state index in [1.807, 2.05) is 42.6 Å². The number of aromatic nitrogens is 5.